The van der Waals surface area contributed by atoms with Gasteiger partial charge in [0.05, 0.1) is 12.3 Å². The van der Waals surface area contributed by atoms with Crippen LogP contribution in [-0.4, -0.2) is 23.6 Å². The van der Waals surface area contributed by atoms with Crippen molar-refractivity contribution in [1.29, 1.82) is 0 Å². The van der Waals surface area contributed by atoms with E-state index in [2.05, 4.69) is 36.4 Å². The Labute approximate surface area is 152 Å². The number of furan rings is 1. The molecule has 128 valence electrons. The molecule has 0 aliphatic heterocycles. The van der Waals surface area contributed by atoms with Crippen LogP contribution in [0.25, 0.3) is 11.1 Å². The number of rotatable bonds is 6. The smallest absolute Gasteiger partial charge is 0.233 e. The number of nitrogens with zero attached hydrogens (tertiary/aromatic N) is 1. The average molecular weight is 351 g/mol. The normalized spacial score (nSPS) is 10.6. The molecule has 0 N–H and O–H groups in total. The molecule has 0 unspecified atom stereocenters. The summed E-state index contributed by atoms with van der Waals surface area (Å²) in [4.78, 5) is 15.1. The van der Waals surface area contributed by atoms with Gasteiger partial charge in [0.25, 0.3) is 0 Å². The Bertz CT molecular complexity index is 825. The van der Waals surface area contributed by atoms with Crippen molar-refractivity contribution < 1.29 is 9.21 Å². The van der Waals surface area contributed by atoms with E-state index in [1.165, 1.54) is 11.1 Å². The van der Waals surface area contributed by atoms with E-state index in [1.54, 1.807) is 23.7 Å². The molecule has 1 aromatic heterocycles. The van der Waals surface area contributed by atoms with Crippen molar-refractivity contribution >= 4 is 17.7 Å². The predicted octanol–water partition coefficient (Wildman–Crippen LogP) is 5.01. The molecule has 0 radical (unpaired) electrons. The second kappa shape index (κ2) is 8.08. The third-order valence-electron chi connectivity index (χ3n) is 3.94. The van der Waals surface area contributed by atoms with Gasteiger partial charge in [-0.2, -0.15) is 0 Å². The maximum atomic E-state index is 12.3. The first-order chi connectivity index (χ1) is 12.1. The van der Waals surface area contributed by atoms with Crippen LogP contribution in [0.1, 0.15) is 11.5 Å². The molecule has 0 aliphatic carbocycles. The van der Waals surface area contributed by atoms with Crippen LogP contribution in [0.15, 0.2) is 76.0 Å². The lowest BCUT2D eigenvalue weighted by Crippen LogP contribution is -2.27. The first kappa shape index (κ1) is 17.4. The van der Waals surface area contributed by atoms with E-state index in [4.69, 9.17) is 4.42 Å². The number of thioether (sulfide) groups is 1. The molecule has 0 aliphatic rings. The largest absolute Gasteiger partial charge is 0.464 e. The third-order valence-corrected chi connectivity index (χ3v) is 4.94. The zero-order valence-electron chi connectivity index (χ0n) is 14.4. The Balaban J connectivity index is 1.53. The van der Waals surface area contributed by atoms with Crippen molar-refractivity contribution in [3.8, 4) is 11.1 Å². The molecule has 0 saturated heterocycles. The first-order valence-corrected chi connectivity index (χ1v) is 9.18. The molecule has 25 heavy (non-hydrogen) atoms. The highest BCUT2D eigenvalue weighted by molar-refractivity contribution is 8.00. The Kier molecular flexibility index (Phi) is 5.61. The summed E-state index contributed by atoms with van der Waals surface area (Å²) in [7, 11) is 1.80. The van der Waals surface area contributed by atoms with Crippen LogP contribution < -0.4 is 0 Å². The number of aryl methyl sites for hydroxylation is 1. The zero-order chi connectivity index (χ0) is 17.6. The van der Waals surface area contributed by atoms with Crippen LogP contribution in [0, 0.1) is 6.92 Å². The first-order valence-electron chi connectivity index (χ1n) is 8.19. The zero-order valence-corrected chi connectivity index (χ0v) is 15.3. The molecular formula is C21H21NO2S. The molecule has 0 fully saturated rings. The molecule has 1 heterocycles. The number of amides is 1. The van der Waals surface area contributed by atoms with Crippen molar-refractivity contribution in [2.45, 2.75) is 18.4 Å². The van der Waals surface area contributed by atoms with Crippen LogP contribution in [0.4, 0.5) is 0 Å². The summed E-state index contributed by atoms with van der Waals surface area (Å²) in [5.74, 6) is 2.18. The lowest BCUT2D eigenvalue weighted by Gasteiger charge is -2.15. The van der Waals surface area contributed by atoms with Crippen LogP contribution in [0.3, 0.4) is 0 Å². The Morgan fingerprint density at radius 1 is 0.960 bits per heavy atom. The van der Waals surface area contributed by atoms with E-state index in [0.29, 0.717) is 12.3 Å². The standard InChI is InChI=1S/C21H21NO2S/c1-16-8-11-19(24-16)14-22(2)21(23)15-25-20-12-9-18(10-13-20)17-6-4-3-5-7-17/h3-13H,14-15H2,1-2H3. The van der Waals surface area contributed by atoms with Crippen molar-refractivity contribution in [2.24, 2.45) is 0 Å². The summed E-state index contributed by atoms with van der Waals surface area (Å²) >= 11 is 1.55. The number of carbonyl (C=O) groups is 1. The SMILES string of the molecule is Cc1ccc(CN(C)C(=O)CSc2ccc(-c3ccccc3)cc2)o1. The molecule has 3 rings (SSSR count). The van der Waals surface area contributed by atoms with E-state index in [9.17, 15) is 4.79 Å². The molecule has 0 atom stereocenters. The molecule has 1 amide bonds. The maximum Gasteiger partial charge on any atom is 0.233 e. The Morgan fingerprint density at radius 2 is 1.64 bits per heavy atom. The topological polar surface area (TPSA) is 33.5 Å². The molecule has 3 nitrogen and oxygen atoms in total. The van der Waals surface area contributed by atoms with Crippen LogP contribution in [0.2, 0.25) is 0 Å². The van der Waals surface area contributed by atoms with E-state index < -0.39 is 0 Å². The van der Waals surface area contributed by atoms with Gasteiger partial charge < -0.3 is 9.32 Å². The van der Waals surface area contributed by atoms with E-state index in [1.807, 2.05) is 37.3 Å². The number of benzene rings is 2. The molecule has 2 aromatic carbocycles. The van der Waals surface area contributed by atoms with Crippen LogP contribution in [0.5, 0.6) is 0 Å². The van der Waals surface area contributed by atoms with Crippen molar-refractivity contribution in [2.75, 3.05) is 12.8 Å². The van der Waals surface area contributed by atoms with E-state index in [-0.39, 0.29) is 5.91 Å². The van der Waals surface area contributed by atoms with Gasteiger partial charge in [0.2, 0.25) is 5.91 Å². The van der Waals surface area contributed by atoms with Crippen molar-refractivity contribution in [3.05, 3.63) is 78.3 Å². The van der Waals surface area contributed by atoms with Gasteiger partial charge in [0.15, 0.2) is 0 Å². The maximum absolute atomic E-state index is 12.3. The lowest BCUT2D eigenvalue weighted by molar-refractivity contribution is -0.127. The van der Waals surface area contributed by atoms with Gasteiger partial charge in [-0.15, -0.1) is 11.8 Å². The summed E-state index contributed by atoms with van der Waals surface area (Å²) in [5.41, 5.74) is 2.38. The van der Waals surface area contributed by atoms with Gasteiger partial charge in [-0.05, 0) is 42.3 Å². The fourth-order valence-corrected chi connectivity index (χ4v) is 3.36. The minimum absolute atomic E-state index is 0.0891. The fraction of sp³-hybridized carbons (Fsp3) is 0.190. The Morgan fingerprint density at radius 3 is 2.28 bits per heavy atom. The van der Waals surface area contributed by atoms with Gasteiger partial charge in [0, 0.05) is 11.9 Å². The molecule has 0 bridgehead atoms. The summed E-state index contributed by atoms with van der Waals surface area (Å²) in [6.07, 6.45) is 0. The fourth-order valence-electron chi connectivity index (χ4n) is 2.52. The van der Waals surface area contributed by atoms with Gasteiger partial charge in [-0.25, -0.2) is 0 Å². The van der Waals surface area contributed by atoms with Gasteiger partial charge in [0.1, 0.15) is 11.5 Å². The molecule has 0 spiro atoms. The highest BCUT2D eigenvalue weighted by atomic mass is 32.2. The van der Waals surface area contributed by atoms with E-state index in [0.717, 1.165) is 16.4 Å². The van der Waals surface area contributed by atoms with Crippen LogP contribution >= 0.6 is 11.8 Å². The summed E-state index contributed by atoms with van der Waals surface area (Å²) in [6.45, 7) is 2.40. The minimum atomic E-state index is 0.0891. The predicted molar refractivity (Wildman–Crippen MR) is 103 cm³/mol. The summed E-state index contributed by atoms with van der Waals surface area (Å²) < 4.78 is 5.52. The number of hydrogen-bond donors (Lipinski definition) is 0. The molecular weight excluding hydrogens is 330 g/mol. The Hall–Kier alpha value is -2.46. The van der Waals surface area contributed by atoms with Crippen molar-refractivity contribution in [1.82, 2.24) is 4.90 Å². The lowest BCUT2D eigenvalue weighted by atomic mass is 10.1. The van der Waals surface area contributed by atoms with Gasteiger partial charge in [-0.3, -0.25) is 4.79 Å². The van der Waals surface area contributed by atoms with Crippen molar-refractivity contribution in [3.63, 3.8) is 0 Å². The van der Waals surface area contributed by atoms with Gasteiger partial charge in [-0.1, -0.05) is 42.5 Å². The summed E-state index contributed by atoms with van der Waals surface area (Å²) in [5, 5.41) is 0. The highest BCUT2D eigenvalue weighted by Crippen LogP contribution is 2.24. The number of hydrogen-bond acceptors (Lipinski definition) is 3. The highest BCUT2D eigenvalue weighted by Gasteiger charge is 2.11. The minimum Gasteiger partial charge on any atom is -0.464 e. The quantitative estimate of drug-likeness (QED) is 0.586. The third kappa shape index (κ3) is 4.77. The molecule has 3 aromatic rings. The second-order valence-corrected chi connectivity index (χ2v) is 6.99. The second-order valence-electron chi connectivity index (χ2n) is 5.94. The number of carbonyl (C=O) groups excluding carboxylic acids is 1. The van der Waals surface area contributed by atoms with E-state index >= 15 is 0 Å². The molecule has 4 heteroatoms. The average Bonchev–Trinajstić information content (AvgIpc) is 3.05. The molecule has 0 saturated carbocycles. The van der Waals surface area contributed by atoms with Crippen LogP contribution in [-0.2, 0) is 11.3 Å². The summed E-state index contributed by atoms with van der Waals surface area (Å²) in [6, 6.07) is 22.4. The monoisotopic (exact) mass is 351 g/mol. The van der Waals surface area contributed by atoms with Gasteiger partial charge >= 0.3 is 0 Å².